The first-order valence-corrected chi connectivity index (χ1v) is 5.62. The van der Waals surface area contributed by atoms with E-state index in [1.165, 1.54) is 6.42 Å². The molecule has 0 saturated heterocycles. The molecule has 1 N–H and O–H groups in total. The normalized spacial score (nSPS) is 10.9. The van der Waals surface area contributed by atoms with Crippen LogP contribution in [-0.4, -0.2) is 26.3 Å². The fourth-order valence-corrected chi connectivity index (χ4v) is 1.79. The molecule has 0 aliphatic carbocycles. The summed E-state index contributed by atoms with van der Waals surface area (Å²) >= 11 is 0. The van der Waals surface area contributed by atoms with Gasteiger partial charge in [0.05, 0.1) is 5.69 Å². The van der Waals surface area contributed by atoms with Crippen LogP contribution in [-0.2, 0) is 7.05 Å². The highest BCUT2D eigenvalue weighted by atomic mass is 15.3. The first-order chi connectivity index (χ1) is 7.74. The Morgan fingerprint density at radius 1 is 1.38 bits per heavy atom. The molecule has 16 heavy (non-hydrogen) atoms. The Morgan fingerprint density at radius 2 is 2.19 bits per heavy atom. The van der Waals surface area contributed by atoms with E-state index in [1.807, 2.05) is 18.7 Å². The summed E-state index contributed by atoms with van der Waals surface area (Å²) in [5.41, 5.74) is 2.85. The average molecular weight is 219 g/mol. The molecule has 86 valence electrons. The minimum atomic E-state index is 0.876. The van der Waals surface area contributed by atoms with Crippen molar-refractivity contribution in [3.8, 4) is 0 Å². The highest BCUT2D eigenvalue weighted by molar-refractivity contribution is 5.87. The summed E-state index contributed by atoms with van der Waals surface area (Å²) in [6, 6.07) is 0. The molecule has 0 saturated carbocycles. The zero-order valence-electron chi connectivity index (χ0n) is 9.99. The number of fused-ring (bicyclic) bond motifs is 1. The van der Waals surface area contributed by atoms with Gasteiger partial charge in [-0.25, -0.2) is 9.97 Å². The van der Waals surface area contributed by atoms with Gasteiger partial charge in [0, 0.05) is 13.6 Å². The number of anilines is 1. The van der Waals surface area contributed by atoms with E-state index in [0.717, 1.165) is 35.5 Å². The molecule has 0 aliphatic rings. The van der Waals surface area contributed by atoms with Gasteiger partial charge in [0.1, 0.15) is 17.4 Å². The van der Waals surface area contributed by atoms with Gasteiger partial charge in [0.25, 0.3) is 0 Å². The summed E-state index contributed by atoms with van der Waals surface area (Å²) in [4.78, 5) is 8.53. The van der Waals surface area contributed by atoms with Crippen LogP contribution in [0, 0.1) is 6.92 Å². The Labute approximate surface area is 94.9 Å². The van der Waals surface area contributed by atoms with Gasteiger partial charge >= 0.3 is 0 Å². The first-order valence-electron chi connectivity index (χ1n) is 5.62. The molecule has 0 aliphatic heterocycles. The number of nitrogens with zero attached hydrogens (tertiary/aromatic N) is 4. The smallest absolute Gasteiger partial charge is 0.155 e. The lowest BCUT2D eigenvalue weighted by Crippen LogP contribution is -2.05. The molecule has 5 heteroatoms. The Balaban J connectivity index is 2.37. The predicted octanol–water partition coefficient (Wildman–Crippen LogP) is 1.88. The molecule has 0 aromatic carbocycles. The number of nitrogens with one attached hydrogen (secondary N) is 1. The van der Waals surface area contributed by atoms with Gasteiger partial charge in [-0.15, -0.1) is 0 Å². The maximum absolute atomic E-state index is 4.35. The van der Waals surface area contributed by atoms with Crippen molar-refractivity contribution in [2.75, 3.05) is 11.9 Å². The quantitative estimate of drug-likeness (QED) is 0.798. The molecule has 0 radical (unpaired) electrons. The minimum absolute atomic E-state index is 0.876. The summed E-state index contributed by atoms with van der Waals surface area (Å²) in [5, 5.41) is 7.68. The van der Waals surface area contributed by atoms with Crippen LogP contribution in [0.25, 0.3) is 11.0 Å². The fourth-order valence-electron chi connectivity index (χ4n) is 1.79. The van der Waals surface area contributed by atoms with Crippen molar-refractivity contribution in [2.24, 2.45) is 7.05 Å². The number of rotatable bonds is 4. The lowest BCUT2D eigenvalue weighted by Gasteiger charge is -2.06. The maximum atomic E-state index is 4.35. The first kappa shape index (κ1) is 10.9. The largest absolute Gasteiger partial charge is 0.368 e. The second kappa shape index (κ2) is 4.47. The second-order valence-corrected chi connectivity index (χ2v) is 3.91. The van der Waals surface area contributed by atoms with Gasteiger partial charge in [-0.1, -0.05) is 13.3 Å². The summed E-state index contributed by atoms with van der Waals surface area (Å²) < 4.78 is 1.83. The molecule has 0 fully saturated rings. The van der Waals surface area contributed by atoms with Gasteiger partial charge in [-0.3, -0.25) is 4.68 Å². The Hall–Kier alpha value is -1.65. The zero-order chi connectivity index (χ0) is 11.5. The number of hydrogen-bond donors (Lipinski definition) is 1. The maximum Gasteiger partial charge on any atom is 0.155 e. The number of aromatic nitrogens is 4. The van der Waals surface area contributed by atoms with Crippen LogP contribution in [0.1, 0.15) is 25.5 Å². The minimum Gasteiger partial charge on any atom is -0.368 e. The molecule has 5 nitrogen and oxygen atoms in total. The van der Waals surface area contributed by atoms with Crippen LogP contribution >= 0.6 is 0 Å². The third-order valence-corrected chi connectivity index (χ3v) is 2.61. The Morgan fingerprint density at radius 3 is 2.94 bits per heavy atom. The van der Waals surface area contributed by atoms with E-state index in [2.05, 4.69) is 27.3 Å². The van der Waals surface area contributed by atoms with Gasteiger partial charge in [0.15, 0.2) is 5.82 Å². The molecular formula is C11H17N5. The van der Waals surface area contributed by atoms with Crippen molar-refractivity contribution in [3.05, 3.63) is 12.0 Å². The molecule has 0 amide bonds. The second-order valence-electron chi connectivity index (χ2n) is 3.91. The fraction of sp³-hybridized carbons (Fsp3) is 0.545. The number of aryl methyl sites for hydroxylation is 2. The molecule has 0 spiro atoms. The van der Waals surface area contributed by atoms with E-state index in [0.29, 0.717) is 0 Å². The monoisotopic (exact) mass is 219 g/mol. The van der Waals surface area contributed by atoms with Gasteiger partial charge in [-0.05, 0) is 13.3 Å². The summed E-state index contributed by atoms with van der Waals surface area (Å²) in [5.74, 6) is 0.876. The van der Waals surface area contributed by atoms with Gasteiger partial charge in [0.2, 0.25) is 0 Å². The molecule has 0 bridgehead atoms. The Bertz CT molecular complexity index is 488. The Kier molecular flexibility index (Phi) is 3.03. The van der Waals surface area contributed by atoms with Crippen LogP contribution in [0.4, 0.5) is 5.82 Å². The van der Waals surface area contributed by atoms with Crippen LogP contribution < -0.4 is 5.32 Å². The van der Waals surface area contributed by atoms with E-state index >= 15 is 0 Å². The molecule has 2 aromatic heterocycles. The molecular weight excluding hydrogens is 202 g/mol. The van der Waals surface area contributed by atoms with Gasteiger partial charge < -0.3 is 5.32 Å². The molecule has 0 unspecified atom stereocenters. The molecule has 2 rings (SSSR count). The van der Waals surface area contributed by atoms with Crippen molar-refractivity contribution in [1.29, 1.82) is 0 Å². The summed E-state index contributed by atoms with van der Waals surface area (Å²) in [7, 11) is 1.92. The average Bonchev–Trinajstić information content (AvgIpc) is 2.56. The lowest BCUT2D eigenvalue weighted by molar-refractivity contribution is 0.780. The predicted molar refractivity (Wildman–Crippen MR) is 64.4 cm³/mol. The highest BCUT2D eigenvalue weighted by Gasteiger charge is 2.10. The standard InChI is InChI=1S/C11H17N5/c1-4-5-6-12-11-10-9(13-7-14-11)8(2)15-16(10)3/h7H,4-6H2,1-3H3,(H,12,13,14). The van der Waals surface area contributed by atoms with Crippen LogP contribution in [0.3, 0.4) is 0 Å². The number of unbranched alkanes of at least 4 members (excludes halogenated alkanes) is 1. The van der Waals surface area contributed by atoms with E-state index in [4.69, 9.17) is 0 Å². The topological polar surface area (TPSA) is 55.6 Å². The van der Waals surface area contributed by atoms with Crippen molar-refractivity contribution in [1.82, 2.24) is 19.7 Å². The zero-order valence-corrected chi connectivity index (χ0v) is 9.99. The summed E-state index contributed by atoms with van der Waals surface area (Å²) in [6.45, 7) is 5.07. The van der Waals surface area contributed by atoms with Crippen molar-refractivity contribution in [3.63, 3.8) is 0 Å². The van der Waals surface area contributed by atoms with Crippen molar-refractivity contribution in [2.45, 2.75) is 26.7 Å². The third kappa shape index (κ3) is 1.85. The third-order valence-electron chi connectivity index (χ3n) is 2.61. The SMILES string of the molecule is CCCCNc1ncnc2c(C)nn(C)c12. The molecule has 2 heterocycles. The van der Waals surface area contributed by atoms with E-state index in [1.54, 1.807) is 6.33 Å². The highest BCUT2D eigenvalue weighted by Crippen LogP contribution is 2.20. The van der Waals surface area contributed by atoms with Crippen molar-refractivity contribution >= 4 is 16.9 Å². The van der Waals surface area contributed by atoms with Crippen LogP contribution in [0.2, 0.25) is 0 Å². The van der Waals surface area contributed by atoms with E-state index in [-0.39, 0.29) is 0 Å². The van der Waals surface area contributed by atoms with Crippen LogP contribution in [0.5, 0.6) is 0 Å². The van der Waals surface area contributed by atoms with E-state index < -0.39 is 0 Å². The van der Waals surface area contributed by atoms with Crippen LogP contribution in [0.15, 0.2) is 6.33 Å². The van der Waals surface area contributed by atoms with Crippen molar-refractivity contribution < 1.29 is 0 Å². The van der Waals surface area contributed by atoms with E-state index in [9.17, 15) is 0 Å². The lowest BCUT2D eigenvalue weighted by atomic mass is 10.3. The molecule has 0 atom stereocenters. The summed E-state index contributed by atoms with van der Waals surface area (Å²) in [6.07, 6.45) is 3.90. The van der Waals surface area contributed by atoms with Gasteiger partial charge in [-0.2, -0.15) is 5.10 Å². The number of hydrogen-bond acceptors (Lipinski definition) is 4. The molecule has 2 aromatic rings.